The van der Waals surface area contributed by atoms with Crippen LogP contribution in [0.3, 0.4) is 0 Å². The summed E-state index contributed by atoms with van der Waals surface area (Å²) in [5, 5.41) is 8.95. The van der Waals surface area contributed by atoms with Crippen LogP contribution < -0.4 is 4.90 Å². The van der Waals surface area contributed by atoms with Gasteiger partial charge in [0.2, 0.25) is 6.29 Å². The highest BCUT2D eigenvalue weighted by molar-refractivity contribution is 5.92. The molecule has 0 radical (unpaired) electrons. The molecule has 1 amide bonds. The molecule has 5 nitrogen and oxygen atoms in total. The van der Waals surface area contributed by atoms with Crippen molar-refractivity contribution in [2.45, 2.75) is 43.9 Å². The van der Waals surface area contributed by atoms with Gasteiger partial charge < -0.3 is 14.6 Å². The van der Waals surface area contributed by atoms with E-state index in [1.807, 2.05) is 18.2 Å². The summed E-state index contributed by atoms with van der Waals surface area (Å²) in [6.07, 6.45) is -7.86. The molecule has 3 rings (SSSR count). The van der Waals surface area contributed by atoms with Gasteiger partial charge in [-0.15, -0.1) is 0 Å². The number of aliphatic hydroxyl groups is 1. The number of para-hydroxylation sites is 1. The fraction of sp³-hybridized carbons (Fsp3) is 0.533. The van der Waals surface area contributed by atoms with E-state index in [0.717, 1.165) is 17.7 Å². The predicted molar refractivity (Wildman–Crippen MR) is 73.9 cm³/mol. The molecule has 1 aromatic carbocycles. The van der Waals surface area contributed by atoms with E-state index >= 15 is 0 Å². The quantitative estimate of drug-likeness (QED) is 0.921. The number of rotatable bonds is 4. The molecule has 1 saturated heterocycles. The number of ether oxygens (including phenoxy) is 2. The van der Waals surface area contributed by atoms with Crippen LogP contribution in [0, 0.1) is 0 Å². The summed E-state index contributed by atoms with van der Waals surface area (Å²) in [4.78, 5) is 13.5. The van der Waals surface area contributed by atoms with Crippen LogP contribution in [-0.4, -0.2) is 42.4 Å². The van der Waals surface area contributed by atoms with E-state index in [1.165, 1.54) is 4.90 Å². The van der Waals surface area contributed by atoms with E-state index in [4.69, 9.17) is 14.6 Å². The Morgan fingerprint density at radius 3 is 2.87 bits per heavy atom. The second kappa shape index (κ2) is 6.01. The lowest BCUT2D eigenvalue weighted by Crippen LogP contribution is -2.41. The number of hydrogen-bond donors (Lipinski definition) is 1. The third kappa shape index (κ3) is 3.13. The van der Waals surface area contributed by atoms with Crippen molar-refractivity contribution in [3.63, 3.8) is 0 Å². The molecule has 0 bridgehead atoms. The molecular formula is C15H16F3NO4. The summed E-state index contributed by atoms with van der Waals surface area (Å²) in [6, 6.07) is 7.06. The van der Waals surface area contributed by atoms with Crippen molar-refractivity contribution in [1.82, 2.24) is 0 Å². The molecule has 0 aromatic heterocycles. The molecule has 2 aliphatic rings. The van der Waals surface area contributed by atoms with Gasteiger partial charge in [0.1, 0.15) is 6.04 Å². The molecule has 8 heteroatoms. The van der Waals surface area contributed by atoms with Gasteiger partial charge in [-0.05, 0) is 24.5 Å². The maximum atomic E-state index is 12.2. The monoisotopic (exact) mass is 331 g/mol. The Kier molecular flexibility index (Phi) is 4.20. The predicted octanol–water partition coefficient (Wildman–Crippen LogP) is 2.61. The lowest BCUT2D eigenvalue weighted by molar-refractivity contribution is -0.212. The summed E-state index contributed by atoms with van der Waals surface area (Å²) in [5.74, 6) is 0. The zero-order chi connectivity index (χ0) is 16.6. The number of benzene rings is 1. The SMILES string of the molecule is O=C1OC(OCCC(O)C(F)(F)F)C2CCc3ccccc3N12. The molecule has 3 unspecified atom stereocenters. The van der Waals surface area contributed by atoms with Crippen LogP contribution in [0.25, 0.3) is 0 Å². The average molecular weight is 331 g/mol. The first kappa shape index (κ1) is 16.1. The van der Waals surface area contributed by atoms with Crippen LogP contribution in [0.5, 0.6) is 0 Å². The van der Waals surface area contributed by atoms with Gasteiger partial charge in [-0.25, -0.2) is 4.79 Å². The Morgan fingerprint density at radius 2 is 2.13 bits per heavy atom. The molecule has 0 aliphatic carbocycles. The van der Waals surface area contributed by atoms with E-state index in [9.17, 15) is 18.0 Å². The second-order valence-electron chi connectivity index (χ2n) is 5.57. The normalized spacial score (nSPS) is 24.9. The third-order valence-electron chi connectivity index (χ3n) is 4.07. The van der Waals surface area contributed by atoms with Crippen molar-refractivity contribution in [1.29, 1.82) is 0 Å². The van der Waals surface area contributed by atoms with Gasteiger partial charge in [-0.2, -0.15) is 13.2 Å². The third-order valence-corrected chi connectivity index (χ3v) is 4.07. The molecule has 3 atom stereocenters. The van der Waals surface area contributed by atoms with Gasteiger partial charge >= 0.3 is 12.3 Å². The van der Waals surface area contributed by atoms with Crippen LogP contribution in [0.15, 0.2) is 24.3 Å². The van der Waals surface area contributed by atoms with Crippen LogP contribution in [0.4, 0.5) is 23.7 Å². The Bertz CT molecular complexity index is 592. The van der Waals surface area contributed by atoms with E-state index in [1.54, 1.807) is 6.07 Å². The number of nitrogens with zero attached hydrogens (tertiary/aromatic N) is 1. The Labute approximate surface area is 130 Å². The van der Waals surface area contributed by atoms with Crippen molar-refractivity contribution >= 4 is 11.8 Å². The highest BCUT2D eigenvalue weighted by atomic mass is 19.4. The minimum absolute atomic E-state index is 0.343. The standard InChI is InChI=1S/C15H16F3NO4/c16-15(17,18)12(20)7-8-22-13-11-6-5-9-3-1-2-4-10(9)19(11)14(21)23-13/h1-4,11-13,20H,5-8H2. The largest absolute Gasteiger partial charge is 0.417 e. The highest BCUT2D eigenvalue weighted by Crippen LogP contribution is 2.37. The molecule has 0 saturated carbocycles. The number of cyclic esters (lactones) is 1. The summed E-state index contributed by atoms with van der Waals surface area (Å²) in [5.41, 5.74) is 1.77. The number of hydrogen-bond acceptors (Lipinski definition) is 4. The number of aryl methyl sites for hydroxylation is 1. The highest BCUT2D eigenvalue weighted by Gasteiger charge is 2.46. The van der Waals surface area contributed by atoms with E-state index in [0.29, 0.717) is 6.42 Å². The van der Waals surface area contributed by atoms with Crippen LogP contribution >= 0.6 is 0 Å². The van der Waals surface area contributed by atoms with Gasteiger partial charge in [0.15, 0.2) is 6.10 Å². The molecular weight excluding hydrogens is 315 g/mol. The van der Waals surface area contributed by atoms with Crippen molar-refractivity contribution in [2.75, 3.05) is 11.5 Å². The topological polar surface area (TPSA) is 59.0 Å². The zero-order valence-electron chi connectivity index (χ0n) is 12.1. The van der Waals surface area contributed by atoms with Gasteiger partial charge in [0.05, 0.1) is 12.3 Å². The number of amides is 1. The fourth-order valence-electron chi connectivity index (χ4n) is 2.90. The van der Waals surface area contributed by atoms with Crippen molar-refractivity contribution < 1.29 is 32.5 Å². The Morgan fingerprint density at radius 1 is 1.39 bits per heavy atom. The van der Waals surface area contributed by atoms with Crippen LogP contribution in [0.1, 0.15) is 18.4 Å². The molecule has 1 aromatic rings. The number of anilines is 1. The summed E-state index contributed by atoms with van der Waals surface area (Å²) < 4.78 is 47.2. The Hall–Kier alpha value is -1.80. The molecule has 23 heavy (non-hydrogen) atoms. The maximum Gasteiger partial charge on any atom is 0.417 e. The number of carbonyl (C=O) groups is 1. The lowest BCUT2D eigenvalue weighted by Gasteiger charge is -2.30. The van der Waals surface area contributed by atoms with Crippen molar-refractivity contribution in [3.8, 4) is 0 Å². The fourth-order valence-corrected chi connectivity index (χ4v) is 2.90. The number of halogens is 3. The Balaban J connectivity index is 1.63. The number of aliphatic hydroxyl groups excluding tert-OH is 1. The van der Waals surface area contributed by atoms with Gasteiger partial charge in [0.25, 0.3) is 0 Å². The van der Waals surface area contributed by atoms with E-state index in [-0.39, 0.29) is 12.6 Å². The zero-order valence-corrected chi connectivity index (χ0v) is 12.1. The van der Waals surface area contributed by atoms with E-state index in [2.05, 4.69) is 0 Å². The minimum atomic E-state index is -4.68. The number of carbonyl (C=O) groups excluding carboxylic acids is 1. The molecule has 1 N–H and O–H groups in total. The molecule has 126 valence electrons. The molecule has 0 spiro atoms. The minimum Gasteiger partial charge on any atom is -0.417 e. The summed E-state index contributed by atoms with van der Waals surface area (Å²) in [7, 11) is 0. The van der Waals surface area contributed by atoms with E-state index < -0.39 is 31.1 Å². The number of alkyl halides is 3. The van der Waals surface area contributed by atoms with Gasteiger partial charge in [-0.3, -0.25) is 4.90 Å². The van der Waals surface area contributed by atoms with Crippen molar-refractivity contribution in [3.05, 3.63) is 29.8 Å². The summed E-state index contributed by atoms with van der Waals surface area (Å²) >= 11 is 0. The van der Waals surface area contributed by atoms with Gasteiger partial charge in [0, 0.05) is 6.42 Å². The number of fused-ring (bicyclic) bond motifs is 3. The molecule has 1 fully saturated rings. The first-order valence-corrected chi connectivity index (χ1v) is 7.32. The first-order chi connectivity index (χ1) is 10.9. The lowest BCUT2D eigenvalue weighted by atomic mass is 9.96. The van der Waals surface area contributed by atoms with Crippen LogP contribution in [-0.2, 0) is 15.9 Å². The molecule has 2 aliphatic heterocycles. The van der Waals surface area contributed by atoms with Gasteiger partial charge in [-0.1, -0.05) is 18.2 Å². The average Bonchev–Trinajstić information content (AvgIpc) is 2.83. The smallest absolute Gasteiger partial charge is 0.417 e. The first-order valence-electron chi connectivity index (χ1n) is 7.32. The summed E-state index contributed by atoms with van der Waals surface area (Å²) in [6.45, 7) is -0.343. The molecule has 2 heterocycles. The van der Waals surface area contributed by atoms with Crippen molar-refractivity contribution in [2.24, 2.45) is 0 Å². The second-order valence-corrected chi connectivity index (χ2v) is 5.57. The van der Waals surface area contributed by atoms with Crippen LogP contribution in [0.2, 0.25) is 0 Å². The maximum absolute atomic E-state index is 12.2.